The molecule has 1 N–H and O–H groups in total. The Hall–Kier alpha value is -2.37. The molecule has 0 atom stereocenters. The molecule has 0 saturated heterocycles. The second kappa shape index (κ2) is 6.53. The third kappa shape index (κ3) is 4.42. The third-order valence-corrected chi connectivity index (χ3v) is 2.15. The quantitative estimate of drug-likeness (QED) is 0.503. The van der Waals surface area contributed by atoms with Crippen LogP contribution in [0.4, 0.5) is 11.4 Å². The Balaban J connectivity index is 3.03. The Kier molecular flexibility index (Phi) is 5.05. The predicted molar refractivity (Wildman–Crippen MR) is 72.3 cm³/mol. The van der Waals surface area contributed by atoms with Crippen molar-refractivity contribution in [3.05, 3.63) is 40.0 Å². The highest BCUT2D eigenvalue weighted by atomic mass is 16.6. The Labute approximate surface area is 111 Å². The fourth-order valence-corrected chi connectivity index (χ4v) is 1.46. The van der Waals surface area contributed by atoms with Crippen molar-refractivity contribution in [2.24, 2.45) is 0 Å². The number of nitro groups is 1. The molecule has 0 aliphatic heterocycles. The zero-order valence-electron chi connectivity index (χ0n) is 11.1. The van der Waals surface area contributed by atoms with Crippen LogP contribution in [-0.4, -0.2) is 17.4 Å². The van der Waals surface area contributed by atoms with Crippen LogP contribution in [0.15, 0.2) is 29.8 Å². The summed E-state index contributed by atoms with van der Waals surface area (Å²) >= 11 is 0. The van der Waals surface area contributed by atoms with Gasteiger partial charge in [0.1, 0.15) is 11.4 Å². The first-order chi connectivity index (χ1) is 8.93. The number of nitrogens with one attached hydrogen (secondary N) is 1. The SMILES string of the molecule is CCOc1ccc(NC(=O)C=C(C)C)c([N+](=O)[O-])c1. The van der Waals surface area contributed by atoms with Gasteiger partial charge in [-0.25, -0.2) is 0 Å². The molecule has 1 aromatic carbocycles. The molecule has 1 amide bonds. The van der Waals surface area contributed by atoms with Crippen molar-refractivity contribution in [1.29, 1.82) is 0 Å². The fourth-order valence-electron chi connectivity index (χ4n) is 1.46. The molecule has 0 aliphatic rings. The van der Waals surface area contributed by atoms with Crippen molar-refractivity contribution in [2.75, 3.05) is 11.9 Å². The van der Waals surface area contributed by atoms with Crippen LogP contribution in [0.5, 0.6) is 5.75 Å². The molecular formula is C13H16N2O4. The van der Waals surface area contributed by atoms with Gasteiger partial charge in [0.25, 0.3) is 5.69 Å². The topological polar surface area (TPSA) is 81.5 Å². The summed E-state index contributed by atoms with van der Waals surface area (Å²) in [6.45, 7) is 5.75. The second-order valence-electron chi connectivity index (χ2n) is 4.08. The minimum absolute atomic E-state index is 0.149. The van der Waals surface area contributed by atoms with Crippen LogP contribution >= 0.6 is 0 Å². The molecule has 0 unspecified atom stereocenters. The van der Waals surface area contributed by atoms with Gasteiger partial charge in [-0.1, -0.05) is 5.57 Å². The number of anilines is 1. The number of rotatable bonds is 5. The Bertz CT molecular complexity index is 519. The van der Waals surface area contributed by atoms with E-state index in [1.54, 1.807) is 26.8 Å². The summed E-state index contributed by atoms with van der Waals surface area (Å²) in [5.74, 6) is 0.00155. The molecule has 0 bridgehead atoms. The first-order valence-corrected chi connectivity index (χ1v) is 5.81. The number of allylic oxidation sites excluding steroid dienone is 1. The van der Waals surface area contributed by atoms with E-state index in [2.05, 4.69) is 5.32 Å². The molecule has 0 aliphatic carbocycles. The van der Waals surface area contributed by atoms with Gasteiger partial charge in [0.2, 0.25) is 5.91 Å². The van der Waals surface area contributed by atoms with Crippen LogP contribution in [0, 0.1) is 10.1 Å². The van der Waals surface area contributed by atoms with Crippen molar-refractivity contribution in [3.63, 3.8) is 0 Å². The van der Waals surface area contributed by atoms with E-state index in [1.807, 2.05) is 0 Å². The number of amides is 1. The number of carbonyl (C=O) groups excluding carboxylic acids is 1. The van der Waals surface area contributed by atoms with Crippen LogP contribution in [0.1, 0.15) is 20.8 Å². The lowest BCUT2D eigenvalue weighted by Crippen LogP contribution is -2.10. The van der Waals surface area contributed by atoms with Crippen molar-refractivity contribution >= 4 is 17.3 Å². The summed E-state index contributed by atoms with van der Waals surface area (Å²) < 4.78 is 5.19. The monoisotopic (exact) mass is 264 g/mol. The van der Waals surface area contributed by atoms with Crippen molar-refractivity contribution in [1.82, 2.24) is 0 Å². The smallest absolute Gasteiger partial charge is 0.296 e. The zero-order chi connectivity index (χ0) is 14.4. The van der Waals surface area contributed by atoms with Gasteiger partial charge in [-0.2, -0.15) is 0 Å². The minimum Gasteiger partial charge on any atom is -0.494 e. The van der Waals surface area contributed by atoms with Crippen molar-refractivity contribution in [3.8, 4) is 5.75 Å². The maximum Gasteiger partial charge on any atom is 0.296 e. The molecule has 6 heteroatoms. The lowest BCUT2D eigenvalue weighted by Gasteiger charge is -2.07. The van der Waals surface area contributed by atoms with E-state index in [-0.39, 0.29) is 11.4 Å². The molecular weight excluding hydrogens is 248 g/mol. The number of nitro benzene ring substituents is 1. The minimum atomic E-state index is -0.555. The number of carbonyl (C=O) groups is 1. The van der Waals surface area contributed by atoms with E-state index >= 15 is 0 Å². The molecule has 0 radical (unpaired) electrons. The summed E-state index contributed by atoms with van der Waals surface area (Å²) in [5, 5.41) is 13.4. The number of hydrogen-bond acceptors (Lipinski definition) is 4. The van der Waals surface area contributed by atoms with Gasteiger partial charge in [-0.05, 0) is 32.9 Å². The molecule has 0 saturated carbocycles. The van der Waals surface area contributed by atoms with Crippen LogP contribution < -0.4 is 10.1 Å². The van der Waals surface area contributed by atoms with E-state index in [0.29, 0.717) is 12.4 Å². The number of hydrogen-bond donors (Lipinski definition) is 1. The summed E-state index contributed by atoms with van der Waals surface area (Å²) in [5.41, 5.74) is 0.767. The highest BCUT2D eigenvalue weighted by Crippen LogP contribution is 2.29. The van der Waals surface area contributed by atoms with Gasteiger partial charge in [-0.3, -0.25) is 14.9 Å². The molecule has 0 spiro atoms. The molecule has 102 valence electrons. The van der Waals surface area contributed by atoms with Gasteiger partial charge in [0, 0.05) is 6.08 Å². The second-order valence-corrected chi connectivity index (χ2v) is 4.08. The third-order valence-electron chi connectivity index (χ3n) is 2.15. The molecule has 1 aromatic rings. The van der Waals surface area contributed by atoms with Crippen LogP contribution in [-0.2, 0) is 4.79 Å². The number of ether oxygens (including phenoxy) is 1. The Morgan fingerprint density at radius 1 is 1.47 bits per heavy atom. The number of benzene rings is 1. The van der Waals surface area contributed by atoms with Crippen molar-refractivity contribution < 1.29 is 14.5 Å². The van der Waals surface area contributed by atoms with E-state index in [4.69, 9.17) is 4.74 Å². The fraction of sp³-hybridized carbons (Fsp3) is 0.308. The average Bonchev–Trinajstić information content (AvgIpc) is 2.30. The summed E-state index contributed by atoms with van der Waals surface area (Å²) in [6.07, 6.45) is 1.38. The first kappa shape index (κ1) is 14.7. The molecule has 0 aromatic heterocycles. The van der Waals surface area contributed by atoms with Crippen LogP contribution in [0.25, 0.3) is 0 Å². The normalized spacial score (nSPS) is 9.63. The van der Waals surface area contributed by atoms with Crippen molar-refractivity contribution in [2.45, 2.75) is 20.8 Å². The molecule has 0 fully saturated rings. The van der Waals surface area contributed by atoms with E-state index in [1.165, 1.54) is 18.2 Å². The molecule has 19 heavy (non-hydrogen) atoms. The molecule has 1 rings (SSSR count). The average molecular weight is 264 g/mol. The summed E-state index contributed by atoms with van der Waals surface area (Å²) in [4.78, 5) is 22.0. The predicted octanol–water partition coefficient (Wildman–Crippen LogP) is 2.90. The lowest BCUT2D eigenvalue weighted by molar-refractivity contribution is -0.384. The van der Waals surface area contributed by atoms with E-state index < -0.39 is 10.8 Å². The first-order valence-electron chi connectivity index (χ1n) is 5.81. The standard InChI is InChI=1S/C13H16N2O4/c1-4-19-10-5-6-11(12(8-10)15(17)18)14-13(16)7-9(2)3/h5-8H,4H2,1-3H3,(H,14,16). The largest absolute Gasteiger partial charge is 0.494 e. The zero-order valence-corrected chi connectivity index (χ0v) is 11.1. The van der Waals surface area contributed by atoms with Gasteiger partial charge in [0.15, 0.2) is 0 Å². The van der Waals surface area contributed by atoms with E-state index in [9.17, 15) is 14.9 Å². The van der Waals surface area contributed by atoms with Gasteiger partial charge in [0.05, 0.1) is 17.6 Å². The van der Waals surface area contributed by atoms with E-state index in [0.717, 1.165) is 5.57 Å². The van der Waals surface area contributed by atoms with Crippen LogP contribution in [0.2, 0.25) is 0 Å². The number of nitrogens with zero attached hydrogens (tertiary/aromatic N) is 1. The Morgan fingerprint density at radius 3 is 2.68 bits per heavy atom. The van der Waals surface area contributed by atoms with Crippen LogP contribution in [0.3, 0.4) is 0 Å². The highest BCUT2D eigenvalue weighted by Gasteiger charge is 2.16. The maximum absolute atomic E-state index is 11.6. The van der Waals surface area contributed by atoms with Gasteiger partial charge >= 0.3 is 0 Å². The van der Waals surface area contributed by atoms with Gasteiger partial charge in [-0.15, -0.1) is 0 Å². The summed E-state index contributed by atoms with van der Waals surface area (Å²) in [6, 6.07) is 4.33. The lowest BCUT2D eigenvalue weighted by atomic mass is 10.2. The van der Waals surface area contributed by atoms with Gasteiger partial charge < -0.3 is 10.1 Å². The molecule has 6 nitrogen and oxygen atoms in total. The summed E-state index contributed by atoms with van der Waals surface area (Å²) in [7, 11) is 0. The highest BCUT2D eigenvalue weighted by molar-refractivity contribution is 6.01. The maximum atomic E-state index is 11.6. The molecule has 0 heterocycles. The Morgan fingerprint density at radius 2 is 2.16 bits per heavy atom.